The van der Waals surface area contributed by atoms with Crippen LogP contribution in [0.15, 0.2) is 41.3 Å². The smallest absolute Gasteiger partial charge is 0.332 e. The lowest BCUT2D eigenvalue weighted by atomic mass is 9.81. The van der Waals surface area contributed by atoms with Gasteiger partial charge in [-0.15, -0.1) is 5.10 Å². The number of fused-ring (bicyclic) bond motifs is 1. The highest BCUT2D eigenvalue weighted by Crippen LogP contribution is 2.37. The van der Waals surface area contributed by atoms with Gasteiger partial charge in [0.15, 0.2) is 17.3 Å². The maximum Gasteiger partial charge on any atom is 0.341 e. The van der Waals surface area contributed by atoms with E-state index in [9.17, 15) is 18.8 Å². The van der Waals surface area contributed by atoms with Crippen LogP contribution in [0.2, 0.25) is 0 Å². The normalized spacial score (nSPS) is 19.3. The molecule has 11 heteroatoms. The van der Waals surface area contributed by atoms with Gasteiger partial charge in [0, 0.05) is 29.6 Å². The molecule has 2 unspecified atom stereocenters. The van der Waals surface area contributed by atoms with Crippen molar-refractivity contribution < 1.29 is 14.0 Å². The summed E-state index contributed by atoms with van der Waals surface area (Å²) in [6, 6.07) is 8.13. The third kappa shape index (κ3) is 5.71. The maximum atomic E-state index is 14.0. The highest BCUT2D eigenvalue weighted by molar-refractivity contribution is 5.94. The molecule has 1 aliphatic heterocycles. The number of aromatic nitrogens is 6. The predicted octanol–water partition coefficient (Wildman–Crippen LogP) is 4.78. The van der Waals surface area contributed by atoms with E-state index >= 15 is 0 Å². The Morgan fingerprint density at radius 1 is 1.17 bits per heavy atom. The van der Waals surface area contributed by atoms with Crippen molar-refractivity contribution in [3.05, 3.63) is 69.9 Å². The van der Waals surface area contributed by atoms with Crippen LogP contribution >= 0.6 is 0 Å². The van der Waals surface area contributed by atoms with Gasteiger partial charge in [0.2, 0.25) is 0 Å². The monoisotopic (exact) mass is 561 g/mol. The van der Waals surface area contributed by atoms with Gasteiger partial charge in [-0.25, -0.2) is 23.8 Å². The highest BCUT2D eigenvalue weighted by Gasteiger charge is 2.40. The minimum atomic E-state index is -0.512. The van der Waals surface area contributed by atoms with E-state index in [1.54, 1.807) is 22.8 Å². The van der Waals surface area contributed by atoms with Gasteiger partial charge in [0.25, 0.3) is 5.91 Å². The lowest BCUT2D eigenvalue weighted by Crippen LogP contribution is -2.47. The summed E-state index contributed by atoms with van der Waals surface area (Å²) in [6.45, 7) is 12.9. The van der Waals surface area contributed by atoms with Gasteiger partial charge in [0.1, 0.15) is 11.5 Å². The number of nitrogens with zero attached hydrogens (tertiary/aromatic N) is 5. The molecule has 4 heterocycles. The molecule has 0 bridgehead atoms. The quantitative estimate of drug-likeness (QED) is 0.337. The fourth-order valence-electron chi connectivity index (χ4n) is 5.90. The van der Waals surface area contributed by atoms with Crippen molar-refractivity contribution in [2.24, 2.45) is 11.8 Å². The van der Waals surface area contributed by atoms with Crippen LogP contribution in [0, 0.1) is 17.7 Å². The molecule has 1 aromatic carbocycles. The van der Waals surface area contributed by atoms with Crippen LogP contribution < -0.4 is 5.69 Å². The molecule has 1 fully saturated rings. The van der Waals surface area contributed by atoms with Crippen LogP contribution in [-0.4, -0.2) is 58.5 Å². The van der Waals surface area contributed by atoms with Crippen LogP contribution in [0.1, 0.15) is 87.5 Å². The zero-order valence-electron chi connectivity index (χ0n) is 24.3. The Bertz CT molecular complexity index is 1660. The molecule has 0 spiro atoms. The number of nitrogens with one attached hydrogen (secondary N) is 2. The minimum Gasteiger partial charge on any atom is -0.332 e. The molecule has 3 aromatic heterocycles. The van der Waals surface area contributed by atoms with Crippen LogP contribution in [0.3, 0.4) is 0 Å². The van der Waals surface area contributed by atoms with Crippen LogP contribution in [0.25, 0.3) is 16.9 Å². The zero-order valence-corrected chi connectivity index (χ0v) is 24.3. The van der Waals surface area contributed by atoms with Crippen molar-refractivity contribution in [2.75, 3.05) is 6.54 Å². The Labute approximate surface area is 237 Å². The van der Waals surface area contributed by atoms with Gasteiger partial charge < -0.3 is 4.90 Å². The number of imidazole rings is 1. The van der Waals surface area contributed by atoms with Crippen molar-refractivity contribution in [3.63, 3.8) is 0 Å². The van der Waals surface area contributed by atoms with Gasteiger partial charge in [-0.1, -0.05) is 27.7 Å². The fraction of sp³-hybridized carbons (Fsp3) is 0.467. The second-order valence-electron chi connectivity index (χ2n) is 12.7. The van der Waals surface area contributed by atoms with Gasteiger partial charge in [0.05, 0.1) is 11.9 Å². The first-order valence-corrected chi connectivity index (χ1v) is 13.9. The summed E-state index contributed by atoms with van der Waals surface area (Å²) in [6.07, 6.45) is 3.23. The molecule has 41 heavy (non-hydrogen) atoms. The molecular formula is C30H36FN7O3. The molecule has 5 rings (SSSR count). The molecule has 4 aromatic rings. The number of amides is 1. The zero-order chi connectivity index (χ0) is 29.7. The Hall–Kier alpha value is -4.15. The van der Waals surface area contributed by atoms with Gasteiger partial charge >= 0.3 is 5.69 Å². The number of likely N-dealkylation sites (tertiary alicyclic amines) is 1. The van der Waals surface area contributed by atoms with E-state index in [4.69, 9.17) is 10.1 Å². The minimum absolute atomic E-state index is 0.0215. The molecule has 2 N–H and O–H groups in total. The number of carbonyl (C=O) groups is 2. The second-order valence-corrected chi connectivity index (χ2v) is 12.7. The SMILES string of the molecule is CC1CC(C)(C)N(C(=O)c2cn3nc(-c4ccc(F)cc4)cc(C(C)(C)C)c3n2)CCC1CC(=O)c1n[nH]c(=O)[nH]1. The number of rotatable bonds is 5. The first kappa shape index (κ1) is 28.4. The third-order valence-electron chi connectivity index (χ3n) is 8.13. The second kappa shape index (κ2) is 10.4. The molecule has 10 nitrogen and oxygen atoms in total. The summed E-state index contributed by atoms with van der Waals surface area (Å²) in [7, 11) is 0. The average molecular weight is 562 g/mol. The number of H-pyrrole nitrogens is 2. The molecule has 0 saturated carbocycles. The van der Waals surface area contributed by atoms with Crippen molar-refractivity contribution in [2.45, 2.75) is 71.8 Å². The molecule has 216 valence electrons. The van der Waals surface area contributed by atoms with E-state index in [0.29, 0.717) is 36.4 Å². The largest absolute Gasteiger partial charge is 0.341 e. The van der Waals surface area contributed by atoms with E-state index in [2.05, 4.69) is 42.9 Å². The number of ketones is 1. The van der Waals surface area contributed by atoms with Gasteiger partial charge in [-0.3, -0.25) is 14.6 Å². The number of hydrogen-bond donors (Lipinski definition) is 2. The lowest BCUT2D eigenvalue weighted by Gasteiger charge is -2.37. The summed E-state index contributed by atoms with van der Waals surface area (Å²) in [5.74, 6) is -0.529. The highest BCUT2D eigenvalue weighted by atomic mass is 19.1. The standard InChI is InChI=1S/C30H36FN7O3/c1-17-15-30(5,6)37(12-11-19(17)13-24(39)25-33-28(41)35-34-25)27(40)23-16-38-26(32-23)21(29(2,3)4)14-22(36-38)18-7-9-20(31)10-8-18/h7-10,14,16-17,19H,11-13,15H2,1-6H3,(H2,33,34,35,41). The Morgan fingerprint density at radius 3 is 2.51 bits per heavy atom. The van der Waals surface area contributed by atoms with E-state index in [0.717, 1.165) is 11.1 Å². The third-order valence-corrected chi connectivity index (χ3v) is 8.13. The summed E-state index contributed by atoms with van der Waals surface area (Å²) in [5, 5.41) is 10.7. The van der Waals surface area contributed by atoms with Crippen molar-refractivity contribution in [1.29, 1.82) is 0 Å². The van der Waals surface area contributed by atoms with E-state index in [1.807, 2.05) is 24.8 Å². The number of benzene rings is 1. The predicted molar refractivity (Wildman–Crippen MR) is 152 cm³/mol. The van der Waals surface area contributed by atoms with Crippen LogP contribution in [-0.2, 0) is 5.41 Å². The summed E-state index contributed by atoms with van der Waals surface area (Å²) < 4.78 is 15.2. The Balaban J connectivity index is 1.45. The summed E-state index contributed by atoms with van der Waals surface area (Å²) >= 11 is 0. The molecule has 0 aliphatic carbocycles. The Kier molecular flexibility index (Phi) is 7.17. The van der Waals surface area contributed by atoms with E-state index in [-0.39, 0.29) is 47.0 Å². The van der Waals surface area contributed by atoms with Gasteiger partial charge in [-0.05, 0) is 74.3 Å². The van der Waals surface area contributed by atoms with Crippen LogP contribution in [0.5, 0.6) is 0 Å². The first-order valence-electron chi connectivity index (χ1n) is 13.9. The van der Waals surface area contributed by atoms with E-state index < -0.39 is 11.2 Å². The maximum absolute atomic E-state index is 14.0. The fourth-order valence-corrected chi connectivity index (χ4v) is 5.90. The molecule has 1 amide bonds. The van der Waals surface area contributed by atoms with Crippen molar-refractivity contribution >= 4 is 17.3 Å². The van der Waals surface area contributed by atoms with Gasteiger partial charge in [-0.2, -0.15) is 5.10 Å². The number of Topliss-reactive ketones (excluding diaryl/α,β-unsaturated/α-hetero) is 1. The van der Waals surface area contributed by atoms with Crippen molar-refractivity contribution in [3.8, 4) is 11.3 Å². The van der Waals surface area contributed by atoms with Crippen molar-refractivity contribution in [1.82, 2.24) is 34.7 Å². The molecule has 2 atom stereocenters. The lowest BCUT2D eigenvalue weighted by molar-refractivity contribution is 0.0536. The van der Waals surface area contributed by atoms with Crippen LogP contribution in [0.4, 0.5) is 4.39 Å². The molecule has 0 radical (unpaired) electrons. The molecule has 1 aliphatic rings. The Morgan fingerprint density at radius 2 is 1.88 bits per heavy atom. The first-order chi connectivity index (χ1) is 19.2. The number of aromatic amines is 2. The number of hydrogen-bond acceptors (Lipinski definition) is 6. The topological polar surface area (TPSA) is 129 Å². The average Bonchev–Trinajstić information content (AvgIpc) is 3.50. The number of halogens is 1. The number of carbonyl (C=O) groups excluding carboxylic acids is 2. The summed E-state index contributed by atoms with van der Waals surface area (Å²) in [4.78, 5) is 47.2. The molecular weight excluding hydrogens is 525 g/mol. The van der Waals surface area contributed by atoms with E-state index in [1.165, 1.54) is 12.1 Å². The summed E-state index contributed by atoms with van der Waals surface area (Å²) in [5.41, 5.74) is 1.96. The molecule has 1 saturated heterocycles.